The van der Waals surface area contributed by atoms with Crippen molar-refractivity contribution in [2.24, 2.45) is 38.9 Å². The zero-order chi connectivity index (χ0) is 31.8. The van der Waals surface area contributed by atoms with Crippen molar-refractivity contribution in [3.8, 4) is 6.07 Å². The number of allylic oxidation sites excluding steroid dienone is 4. The van der Waals surface area contributed by atoms with Gasteiger partial charge in [-0.3, -0.25) is 9.59 Å². The van der Waals surface area contributed by atoms with Gasteiger partial charge in [-0.1, -0.05) is 74.0 Å². The van der Waals surface area contributed by atoms with Crippen molar-refractivity contribution >= 4 is 11.6 Å². The molecule has 0 spiro atoms. The van der Waals surface area contributed by atoms with E-state index in [4.69, 9.17) is 9.52 Å². The highest BCUT2D eigenvalue weighted by atomic mass is 16.4. The molecule has 3 fully saturated rings. The SMILES string of the molecule is CC(=O)/C=C1/[C@@]2(C)C=C(C#N)C(=O)C(C)(C)[C@@H]2CC[C@@]1(C)C(C)(C)CC[C@@]1(c2nnc(C3CC3)o2)CCC(C)(C)CC1C. The topological polar surface area (TPSA) is 96.8 Å². The van der Waals surface area contributed by atoms with E-state index < -0.39 is 10.8 Å². The highest BCUT2D eigenvalue weighted by Gasteiger charge is 2.61. The number of aromatic nitrogens is 2. The number of ketones is 2. The van der Waals surface area contributed by atoms with Crippen molar-refractivity contribution in [3.63, 3.8) is 0 Å². The van der Waals surface area contributed by atoms with Crippen LogP contribution in [0.3, 0.4) is 0 Å². The summed E-state index contributed by atoms with van der Waals surface area (Å²) in [7, 11) is 0. The quantitative estimate of drug-likeness (QED) is 0.296. The van der Waals surface area contributed by atoms with Gasteiger partial charge in [0.2, 0.25) is 11.8 Å². The molecule has 0 aliphatic heterocycles. The molecule has 0 amide bonds. The van der Waals surface area contributed by atoms with Crippen LogP contribution in [-0.2, 0) is 15.0 Å². The zero-order valence-corrected chi connectivity index (χ0v) is 28.3. The van der Waals surface area contributed by atoms with Crippen molar-refractivity contribution in [1.82, 2.24) is 10.2 Å². The smallest absolute Gasteiger partial charge is 0.222 e. The fourth-order valence-electron chi connectivity index (χ4n) is 9.59. The molecule has 1 heterocycles. The molecule has 234 valence electrons. The Bertz CT molecular complexity index is 1420. The second kappa shape index (κ2) is 10.2. The molecule has 6 heteroatoms. The molecular weight excluding hydrogens is 534 g/mol. The third-order valence-electron chi connectivity index (χ3n) is 13.0. The Kier molecular flexibility index (Phi) is 7.59. The first-order valence-corrected chi connectivity index (χ1v) is 16.6. The van der Waals surface area contributed by atoms with Crippen molar-refractivity contribution in [2.75, 3.05) is 0 Å². The van der Waals surface area contributed by atoms with E-state index in [0.717, 1.165) is 75.1 Å². The number of carbonyl (C=O) groups is 2. The zero-order valence-electron chi connectivity index (χ0n) is 28.3. The minimum Gasteiger partial charge on any atom is -0.424 e. The van der Waals surface area contributed by atoms with Gasteiger partial charge >= 0.3 is 0 Å². The second-order valence-electron chi connectivity index (χ2n) is 17.1. The van der Waals surface area contributed by atoms with Gasteiger partial charge in [0.05, 0.1) is 11.0 Å². The van der Waals surface area contributed by atoms with Gasteiger partial charge in [0.1, 0.15) is 6.07 Å². The standard InChI is InChI=1S/C37H53N3O3/c1-23-20-32(3,4)15-17-37(23,31-40-39-30(43-31)25-11-12-25)18-16-33(5,6)36(10)14-13-27-34(7,8)29(42)26(22-38)21-35(27,9)28(36)19-24(2)41/h19,21,23,25,27H,11-18,20H2,1-10H3/b28-19-/t23?,27-,35-,36+,37-/m0/s1. The van der Waals surface area contributed by atoms with Gasteiger partial charge in [0.25, 0.3) is 0 Å². The normalized spacial score (nSPS) is 36.5. The van der Waals surface area contributed by atoms with E-state index >= 15 is 0 Å². The van der Waals surface area contributed by atoms with Crippen LogP contribution in [0.15, 0.2) is 27.7 Å². The van der Waals surface area contributed by atoms with E-state index in [2.05, 4.69) is 59.6 Å². The first-order chi connectivity index (χ1) is 19.8. The molecule has 1 aromatic heterocycles. The van der Waals surface area contributed by atoms with Gasteiger partial charge in [-0.15, -0.1) is 10.2 Å². The third kappa shape index (κ3) is 5.07. The highest BCUT2D eigenvalue weighted by molar-refractivity contribution is 6.04. The monoisotopic (exact) mass is 587 g/mol. The maximum absolute atomic E-state index is 13.3. The van der Waals surface area contributed by atoms with Gasteiger partial charge < -0.3 is 4.42 Å². The molecular formula is C37H53N3O3. The number of nitriles is 1. The van der Waals surface area contributed by atoms with E-state index in [1.807, 2.05) is 26.0 Å². The van der Waals surface area contributed by atoms with Gasteiger partial charge in [0.15, 0.2) is 11.6 Å². The first-order valence-electron chi connectivity index (χ1n) is 16.6. The predicted molar refractivity (Wildman–Crippen MR) is 168 cm³/mol. The summed E-state index contributed by atoms with van der Waals surface area (Å²) in [5.41, 5.74) is -0.349. The lowest BCUT2D eigenvalue weighted by molar-refractivity contribution is -0.131. The van der Waals surface area contributed by atoms with Crippen molar-refractivity contribution in [2.45, 2.75) is 138 Å². The van der Waals surface area contributed by atoms with E-state index in [1.54, 1.807) is 6.92 Å². The molecule has 4 aliphatic carbocycles. The van der Waals surface area contributed by atoms with Crippen molar-refractivity contribution in [3.05, 3.63) is 35.1 Å². The summed E-state index contributed by atoms with van der Waals surface area (Å²) in [6, 6.07) is 2.20. The fraction of sp³-hybridized carbons (Fsp3) is 0.757. The molecule has 1 unspecified atom stereocenters. The minimum absolute atomic E-state index is 0.0126. The summed E-state index contributed by atoms with van der Waals surface area (Å²) >= 11 is 0. The van der Waals surface area contributed by atoms with Crippen LogP contribution in [0.5, 0.6) is 0 Å². The van der Waals surface area contributed by atoms with Gasteiger partial charge in [-0.2, -0.15) is 5.26 Å². The van der Waals surface area contributed by atoms with E-state index in [-0.39, 0.29) is 44.7 Å². The van der Waals surface area contributed by atoms with Crippen LogP contribution in [0.4, 0.5) is 0 Å². The molecule has 1 aromatic rings. The summed E-state index contributed by atoms with van der Waals surface area (Å²) in [5.74, 6) is 2.41. The number of rotatable bonds is 7. The summed E-state index contributed by atoms with van der Waals surface area (Å²) in [6.07, 6.45) is 12.9. The van der Waals surface area contributed by atoms with Crippen LogP contribution in [0.25, 0.3) is 0 Å². The largest absolute Gasteiger partial charge is 0.424 e. The molecule has 5 rings (SSSR count). The third-order valence-corrected chi connectivity index (χ3v) is 13.0. The molecule has 5 atom stereocenters. The number of carbonyl (C=O) groups excluding carboxylic acids is 2. The van der Waals surface area contributed by atoms with Gasteiger partial charge in [0, 0.05) is 16.7 Å². The maximum Gasteiger partial charge on any atom is 0.222 e. The summed E-state index contributed by atoms with van der Waals surface area (Å²) in [5, 5.41) is 19.2. The Morgan fingerprint density at radius 2 is 1.77 bits per heavy atom. The fourth-order valence-corrected chi connectivity index (χ4v) is 9.59. The van der Waals surface area contributed by atoms with Crippen LogP contribution >= 0.6 is 0 Å². The molecule has 43 heavy (non-hydrogen) atoms. The molecule has 0 bridgehead atoms. The Morgan fingerprint density at radius 1 is 1.09 bits per heavy atom. The van der Waals surface area contributed by atoms with E-state index in [1.165, 1.54) is 0 Å². The molecule has 4 aliphatic rings. The second-order valence-corrected chi connectivity index (χ2v) is 17.1. The molecule has 3 saturated carbocycles. The molecule has 6 nitrogen and oxygen atoms in total. The Morgan fingerprint density at radius 3 is 2.35 bits per heavy atom. The lowest BCUT2D eigenvalue weighted by atomic mass is 9.42. The van der Waals surface area contributed by atoms with Crippen molar-refractivity contribution < 1.29 is 14.0 Å². The Balaban J connectivity index is 1.54. The highest BCUT2D eigenvalue weighted by Crippen LogP contribution is 2.67. The summed E-state index contributed by atoms with van der Waals surface area (Å²) in [4.78, 5) is 26.2. The average Bonchev–Trinajstić information content (AvgIpc) is 3.64. The summed E-state index contributed by atoms with van der Waals surface area (Å²) < 4.78 is 6.49. The number of fused-ring (bicyclic) bond motifs is 1. The number of hydrogen-bond acceptors (Lipinski definition) is 6. The van der Waals surface area contributed by atoms with Gasteiger partial charge in [-0.05, 0) is 98.9 Å². The van der Waals surface area contributed by atoms with Crippen LogP contribution in [0, 0.1) is 50.2 Å². The van der Waals surface area contributed by atoms with E-state index in [0.29, 0.717) is 11.8 Å². The van der Waals surface area contributed by atoms with E-state index in [9.17, 15) is 14.9 Å². The Hall–Kier alpha value is -2.55. The van der Waals surface area contributed by atoms with Crippen LogP contribution in [0.1, 0.15) is 145 Å². The van der Waals surface area contributed by atoms with Crippen LogP contribution in [-0.4, -0.2) is 21.8 Å². The van der Waals surface area contributed by atoms with Gasteiger partial charge in [-0.25, -0.2) is 0 Å². The average molecular weight is 588 g/mol. The molecule has 0 N–H and O–H groups in total. The minimum atomic E-state index is -0.679. The number of hydrogen-bond donors (Lipinski definition) is 0. The lowest BCUT2D eigenvalue weighted by Gasteiger charge is -2.61. The lowest BCUT2D eigenvalue weighted by Crippen LogP contribution is -2.56. The van der Waals surface area contributed by atoms with Crippen LogP contribution in [0.2, 0.25) is 0 Å². The van der Waals surface area contributed by atoms with Crippen molar-refractivity contribution in [1.29, 1.82) is 5.26 Å². The predicted octanol–water partition coefficient (Wildman–Crippen LogP) is 8.83. The number of nitrogens with zero attached hydrogens (tertiary/aromatic N) is 3. The maximum atomic E-state index is 13.3. The van der Waals surface area contributed by atoms with Crippen LogP contribution < -0.4 is 0 Å². The Labute approximate surface area is 259 Å². The molecule has 0 aromatic carbocycles. The molecule has 0 radical (unpaired) electrons. The number of Topliss-reactive ketones (excluding diaryl/α,β-unsaturated/α-hetero) is 1. The first kappa shape index (κ1) is 31.9. The summed E-state index contributed by atoms with van der Waals surface area (Å²) in [6.45, 7) is 21.9. The molecule has 0 saturated heterocycles.